The molecule has 2 rings (SSSR count). The van der Waals surface area contributed by atoms with Gasteiger partial charge >= 0.3 is 0 Å². The Balaban J connectivity index is 2.01. The normalized spacial score (nSPS) is 12.7. The van der Waals surface area contributed by atoms with Gasteiger partial charge in [-0.25, -0.2) is 8.78 Å². The summed E-state index contributed by atoms with van der Waals surface area (Å²) in [6.45, 7) is 0. The highest BCUT2D eigenvalue weighted by atomic mass is 19.1. The lowest BCUT2D eigenvalue weighted by atomic mass is 10.0. The molecular weight excluding hydrogens is 238 g/mol. The van der Waals surface area contributed by atoms with Crippen molar-refractivity contribution < 1.29 is 13.9 Å². The molecule has 1 N–H and O–H groups in total. The fraction of sp³-hybridized carbons (Fsp3) is 0.308. The zero-order chi connectivity index (χ0) is 13.1. The van der Waals surface area contributed by atoms with Crippen LogP contribution in [0.4, 0.5) is 8.78 Å². The standard InChI is InChI=1S/C13H14F2N2O/c1-17-8-9(7-16-17)2-5-13(18)11-4-3-10(14)6-12(11)15/h3-4,6-8,13,18H,2,5H2,1H3. The van der Waals surface area contributed by atoms with Gasteiger partial charge in [-0.1, -0.05) is 6.07 Å². The van der Waals surface area contributed by atoms with Gasteiger partial charge in [0.15, 0.2) is 0 Å². The molecule has 0 radical (unpaired) electrons. The first-order chi connectivity index (χ1) is 8.56. The van der Waals surface area contributed by atoms with Gasteiger partial charge in [0.1, 0.15) is 11.6 Å². The molecular formula is C13H14F2N2O. The predicted octanol–water partition coefficient (Wildman–Crippen LogP) is 2.36. The zero-order valence-corrected chi connectivity index (χ0v) is 9.98. The summed E-state index contributed by atoms with van der Waals surface area (Å²) in [5.41, 5.74) is 1.10. The average Bonchev–Trinajstić information content (AvgIpc) is 2.72. The van der Waals surface area contributed by atoms with Crippen LogP contribution in [0, 0.1) is 11.6 Å². The van der Waals surface area contributed by atoms with Crippen LogP contribution in [0.5, 0.6) is 0 Å². The molecule has 0 fully saturated rings. The van der Waals surface area contributed by atoms with E-state index in [0.29, 0.717) is 12.8 Å². The van der Waals surface area contributed by atoms with Crippen molar-refractivity contribution in [1.82, 2.24) is 9.78 Å². The summed E-state index contributed by atoms with van der Waals surface area (Å²) >= 11 is 0. The highest BCUT2D eigenvalue weighted by Gasteiger charge is 2.13. The topological polar surface area (TPSA) is 38.0 Å². The van der Waals surface area contributed by atoms with Crippen LogP contribution >= 0.6 is 0 Å². The average molecular weight is 252 g/mol. The Kier molecular flexibility index (Phi) is 3.72. The Bertz CT molecular complexity index is 540. The lowest BCUT2D eigenvalue weighted by Gasteiger charge is -2.11. The maximum absolute atomic E-state index is 13.4. The van der Waals surface area contributed by atoms with Crippen molar-refractivity contribution in [2.24, 2.45) is 7.05 Å². The molecule has 0 spiro atoms. The van der Waals surface area contributed by atoms with Crippen molar-refractivity contribution in [2.45, 2.75) is 18.9 Å². The van der Waals surface area contributed by atoms with Crippen LogP contribution in [0.1, 0.15) is 23.7 Å². The van der Waals surface area contributed by atoms with Gasteiger partial charge in [0, 0.05) is 24.9 Å². The van der Waals surface area contributed by atoms with Crippen LogP contribution in [-0.2, 0) is 13.5 Å². The summed E-state index contributed by atoms with van der Waals surface area (Å²) < 4.78 is 27.8. The third-order valence-electron chi connectivity index (χ3n) is 2.79. The Morgan fingerprint density at radius 1 is 1.39 bits per heavy atom. The molecule has 5 heteroatoms. The molecule has 1 aromatic carbocycles. The van der Waals surface area contributed by atoms with Gasteiger partial charge in [0.2, 0.25) is 0 Å². The second-order valence-corrected chi connectivity index (χ2v) is 4.24. The highest BCUT2D eigenvalue weighted by molar-refractivity contribution is 5.21. The minimum Gasteiger partial charge on any atom is -0.388 e. The van der Waals surface area contributed by atoms with Crippen molar-refractivity contribution in [2.75, 3.05) is 0 Å². The Labute approximate surface area is 104 Å². The first-order valence-corrected chi connectivity index (χ1v) is 5.67. The second-order valence-electron chi connectivity index (χ2n) is 4.24. The molecule has 3 nitrogen and oxygen atoms in total. The van der Waals surface area contributed by atoms with Gasteiger partial charge in [0.25, 0.3) is 0 Å². The van der Waals surface area contributed by atoms with E-state index >= 15 is 0 Å². The van der Waals surface area contributed by atoms with Gasteiger partial charge in [-0.3, -0.25) is 4.68 Å². The quantitative estimate of drug-likeness (QED) is 0.907. The van der Waals surface area contributed by atoms with Gasteiger partial charge in [-0.15, -0.1) is 0 Å². The summed E-state index contributed by atoms with van der Waals surface area (Å²) in [4.78, 5) is 0. The van der Waals surface area contributed by atoms with E-state index in [9.17, 15) is 13.9 Å². The van der Waals surface area contributed by atoms with E-state index in [-0.39, 0.29) is 5.56 Å². The van der Waals surface area contributed by atoms with Crippen molar-refractivity contribution in [3.05, 3.63) is 53.4 Å². The molecule has 1 unspecified atom stereocenters. The number of aliphatic hydroxyl groups excluding tert-OH is 1. The fourth-order valence-corrected chi connectivity index (χ4v) is 1.83. The lowest BCUT2D eigenvalue weighted by Crippen LogP contribution is -2.02. The van der Waals surface area contributed by atoms with Gasteiger partial charge in [0.05, 0.1) is 12.3 Å². The highest BCUT2D eigenvalue weighted by Crippen LogP contribution is 2.22. The van der Waals surface area contributed by atoms with E-state index in [1.165, 1.54) is 6.07 Å². The Morgan fingerprint density at radius 2 is 2.17 bits per heavy atom. The number of aliphatic hydroxyl groups is 1. The minimum atomic E-state index is -0.939. The SMILES string of the molecule is Cn1cc(CCC(O)c2ccc(F)cc2F)cn1. The van der Waals surface area contributed by atoms with Gasteiger partial charge in [-0.2, -0.15) is 5.10 Å². The van der Waals surface area contributed by atoms with Crippen LogP contribution in [-0.4, -0.2) is 14.9 Å². The van der Waals surface area contributed by atoms with Crippen LogP contribution in [0.2, 0.25) is 0 Å². The third kappa shape index (κ3) is 2.92. The van der Waals surface area contributed by atoms with Crippen molar-refractivity contribution >= 4 is 0 Å². The second kappa shape index (κ2) is 5.27. The molecule has 1 heterocycles. The minimum absolute atomic E-state index is 0.125. The summed E-state index contributed by atoms with van der Waals surface area (Å²) in [6, 6.07) is 3.20. The number of halogens is 2. The van der Waals surface area contributed by atoms with Crippen molar-refractivity contribution in [3.8, 4) is 0 Å². The molecule has 1 atom stereocenters. The molecule has 2 aromatic rings. The molecule has 0 saturated carbocycles. The number of benzene rings is 1. The maximum Gasteiger partial charge on any atom is 0.131 e. The van der Waals surface area contributed by atoms with E-state index in [2.05, 4.69) is 5.10 Å². The summed E-state index contributed by atoms with van der Waals surface area (Å²) in [5, 5.41) is 13.9. The van der Waals surface area contributed by atoms with E-state index < -0.39 is 17.7 Å². The van der Waals surface area contributed by atoms with Crippen molar-refractivity contribution in [1.29, 1.82) is 0 Å². The molecule has 0 aliphatic rings. The van der Waals surface area contributed by atoms with Gasteiger partial charge in [-0.05, 0) is 24.5 Å². The fourth-order valence-electron chi connectivity index (χ4n) is 1.83. The molecule has 0 amide bonds. The Morgan fingerprint density at radius 3 is 2.78 bits per heavy atom. The molecule has 96 valence electrons. The number of aryl methyl sites for hydroxylation is 2. The number of aromatic nitrogens is 2. The zero-order valence-electron chi connectivity index (χ0n) is 9.98. The van der Waals surface area contributed by atoms with E-state index in [1.54, 1.807) is 17.9 Å². The lowest BCUT2D eigenvalue weighted by molar-refractivity contribution is 0.163. The Hall–Kier alpha value is -1.75. The third-order valence-corrected chi connectivity index (χ3v) is 2.79. The number of hydrogen-bond acceptors (Lipinski definition) is 2. The summed E-state index contributed by atoms with van der Waals surface area (Å²) in [5.74, 6) is -1.36. The van der Waals surface area contributed by atoms with Crippen LogP contribution in [0.3, 0.4) is 0 Å². The molecule has 1 aromatic heterocycles. The summed E-state index contributed by atoms with van der Waals surface area (Å²) in [7, 11) is 1.81. The molecule has 0 aliphatic heterocycles. The molecule has 0 bridgehead atoms. The predicted molar refractivity (Wildman–Crippen MR) is 62.8 cm³/mol. The van der Waals surface area contributed by atoms with Crippen LogP contribution in [0.15, 0.2) is 30.6 Å². The smallest absolute Gasteiger partial charge is 0.131 e. The number of hydrogen-bond donors (Lipinski definition) is 1. The monoisotopic (exact) mass is 252 g/mol. The molecule has 18 heavy (non-hydrogen) atoms. The van der Waals surface area contributed by atoms with E-state index in [1.807, 2.05) is 6.20 Å². The molecule has 0 saturated heterocycles. The van der Waals surface area contributed by atoms with Crippen LogP contribution in [0.25, 0.3) is 0 Å². The first kappa shape index (κ1) is 12.7. The largest absolute Gasteiger partial charge is 0.388 e. The van der Waals surface area contributed by atoms with E-state index in [0.717, 1.165) is 17.7 Å². The van der Waals surface area contributed by atoms with E-state index in [4.69, 9.17) is 0 Å². The number of nitrogens with zero attached hydrogens (tertiary/aromatic N) is 2. The molecule has 0 aliphatic carbocycles. The number of rotatable bonds is 4. The maximum atomic E-state index is 13.4. The summed E-state index contributed by atoms with van der Waals surface area (Å²) in [6.07, 6.45) is 3.56. The van der Waals surface area contributed by atoms with Gasteiger partial charge < -0.3 is 5.11 Å². The van der Waals surface area contributed by atoms with Crippen molar-refractivity contribution in [3.63, 3.8) is 0 Å². The first-order valence-electron chi connectivity index (χ1n) is 5.67. The van der Waals surface area contributed by atoms with Crippen LogP contribution < -0.4 is 0 Å².